The number of anilines is 1. The van der Waals surface area contributed by atoms with Gasteiger partial charge in [0, 0.05) is 11.3 Å². The zero-order chi connectivity index (χ0) is 20.1. The average Bonchev–Trinajstić information content (AvgIpc) is 2.70. The number of amides is 1. The summed E-state index contributed by atoms with van der Waals surface area (Å²) < 4.78 is 32.2. The number of ether oxygens (including phenoxy) is 1. The summed E-state index contributed by atoms with van der Waals surface area (Å²) >= 11 is 0. The molecule has 0 atom stereocenters. The van der Waals surface area contributed by atoms with E-state index in [1.54, 1.807) is 43.3 Å². The molecule has 6 nitrogen and oxygen atoms in total. The first-order valence-electron chi connectivity index (χ1n) is 8.57. The summed E-state index contributed by atoms with van der Waals surface area (Å²) in [6.07, 6.45) is 0. The number of benzene rings is 3. The molecular weight excluding hydrogens is 376 g/mol. The van der Waals surface area contributed by atoms with E-state index < -0.39 is 10.0 Å². The van der Waals surface area contributed by atoms with Gasteiger partial charge in [0.15, 0.2) is 0 Å². The van der Waals surface area contributed by atoms with Crippen molar-refractivity contribution in [2.45, 2.75) is 11.8 Å². The second-order valence-corrected chi connectivity index (χ2v) is 7.94. The van der Waals surface area contributed by atoms with Crippen molar-refractivity contribution in [1.29, 1.82) is 0 Å². The van der Waals surface area contributed by atoms with Crippen LogP contribution in [0, 0.1) is 6.92 Å². The Morgan fingerprint density at radius 1 is 0.893 bits per heavy atom. The molecule has 3 aromatic carbocycles. The molecule has 0 unspecified atom stereocenters. The smallest absolute Gasteiger partial charge is 0.255 e. The fourth-order valence-electron chi connectivity index (χ4n) is 2.61. The predicted octanol–water partition coefficient (Wildman–Crippen LogP) is 3.95. The molecule has 2 N–H and O–H groups in total. The highest BCUT2D eigenvalue weighted by Gasteiger charge is 2.16. The number of rotatable bonds is 6. The van der Waals surface area contributed by atoms with Crippen molar-refractivity contribution in [3.63, 3.8) is 0 Å². The first-order valence-corrected chi connectivity index (χ1v) is 10.1. The van der Waals surface area contributed by atoms with E-state index in [1.807, 2.05) is 30.3 Å². The molecule has 0 saturated carbocycles. The summed E-state index contributed by atoms with van der Waals surface area (Å²) in [7, 11) is -2.27. The highest BCUT2D eigenvalue weighted by Crippen LogP contribution is 2.23. The second kappa shape index (κ2) is 8.24. The van der Waals surface area contributed by atoms with Gasteiger partial charge in [-0.1, -0.05) is 30.3 Å². The standard InChI is InChI=1S/C21H20N2O4S/c1-15-11-12-17(14-20(15)28(25,26)22-2)23-21(24)16-7-6-10-19(13-16)27-18-8-4-3-5-9-18/h3-14,22H,1-2H3,(H,23,24). The van der Waals surface area contributed by atoms with Crippen molar-refractivity contribution in [3.05, 3.63) is 83.9 Å². The van der Waals surface area contributed by atoms with Crippen LogP contribution in [0.3, 0.4) is 0 Å². The van der Waals surface area contributed by atoms with Crippen molar-refractivity contribution in [2.24, 2.45) is 0 Å². The molecule has 1 amide bonds. The van der Waals surface area contributed by atoms with Gasteiger partial charge in [0.2, 0.25) is 10.0 Å². The zero-order valence-corrected chi connectivity index (χ0v) is 16.3. The maximum Gasteiger partial charge on any atom is 0.255 e. The SMILES string of the molecule is CNS(=O)(=O)c1cc(NC(=O)c2cccc(Oc3ccccc3)c2)ccc1C. The van der Waals surface area contributed by atoms with E-state index in [-0.39, 0.29) is 10.8 Å². The van der Waals surface area contributed by atoms with Gasteiger partial charge >= 0.3 is 0 Å². The Bertz CT molecular complexity index is 1100. The van der Waals surface area contributed by atoms with Gasteiger partial charge in [-0.05, 0) is 62.0 Å². The van der Waals surface area contributed by atoms with E-state index in [0.717, 1.165) is 0 Å². The summed E-state index contributed by atoms with van der Waals surface area (Å²) in [5, 5.41) is 2.73. The van der Waals surface area contributed by atoms with Crippen LogP contribution in [0.2, 0.25) is 0 Å². The number of carbonyl (C=O) groups excluding carboxylic acids is 1. The number of sulfonamides is 1. The van der Waals surface area contributed by atoms with Gasteiger partial charge in [-0.15, -0.1) is 0 Å². The maximum atomic E-state index is 12.6. The molecule has 0 saturated heterocycles. The predicted molar refractivity (Wildman–Crippen MR) is 108 cm³/mol. The normalized spacial score (nSPS) is 11.1. The van der Waals surface area contributed by atoms with Crippen molar-refractivity contribution in [3.8, 4) is 11.5 Å². The molecule has 0 heterocycles. The minimum atomic E-state index is -3.61. The van der Waals surface area contributed by atoms with E-state index >= 15 is 0 Å². The fourth-order valence-corrected chi connectivity index (χ4v) is 3.60. The molecular formula is C21H20N2O4S. The molecule has 0 spiro atoms. The molecule has 0 aliphatic carbocycles. The quantitative estimate of drug-likeness (QED) is 0.661. The zero-order valence-electron chi connectivity index (χ0n) is 15.5. The molecule has 3 aromatic rings. The lowest BCUT2D eigenvalue weighted by atomic mass is 10.2. The Morgan fingerprint density at radius 2 is 1.61 bits per heavy atom. The highest BCUT2D eigenvalue weighted by atomic mass is 32.2. The number of hydrogen-bond acceptors (Lipinski definition) is 4. The molecule has 0 bridgehead atoms. The molecule has 0 radical (unpaired) electrons. The van der Waals surface area contributed by atoms with E-state index in [0.29, 0.717) is 28.3 Å². The third-order valence-corrected chi connectivity index (χ3v) is 5.64. The highest BCUT2D eigenvalue weighted by molar-refractivity contribution is 7.89. The molecule has 3 rings (SSSR count). The summed E-state index contributed by atoms with van der Waals surface area (Å²) in [4.78, 5) is 12.7. The molecule has 144 valence electrons. The summed E-state index contributed by atoms with van der Waals surface area (Å²) in [5.41, 5.74) is 1.37. The maximum absolute atomic E-state index is 12.6. The minimum absolute atomic E-state index is 0.119. The Hall–Kier alpha value is -3.16. The largest absolute Gasteiger partial charge is 0.457 e. The van der Waals surface area contributed by atoms with Gasteiger partial charge in [-0.2, -0.15) is 0 Å². The number of para-hydroxylation sites is 1. The monoisotopic (exact) mass is 396 g/mol. The van der Waals surface area contributed by atoms with Crippen molar-refractivity contribution >= 4 is 21.6 Å². The van der Waals surface area contributed by atoms with Crippen LogP contribution in [-0.2, 0) is 10.0 Å². The molecule has 0 aliphatic rings. The second-order valence-electron chi connectivity index (χ2n) is 6.08. The van der Waals surface area contributed by atoms with Gasteiger partial charge in [-0.25, -0.2) is 13.1 Å². The van der Waals surface area contributed by atoms with Crippen LogP contribution in [0.15, 0.2) is 77.7 Å². The fraction of sp³-hybridized carbons (Fsp3) is 0.0952. The van der Waals surface area contributed by atoms with E-state index in [4.69, 9.17) is 4.74 Å². The molecule has 0 aromatic heterocycles. The third-order valence-electron chi connectivity index (χ3n) is 4.08. The van der Waals surface area contributed by atoms with Gasteiger partial charge in [0.05, 0.1) is 4.90 Å². The van der Waals surface area contributed by atoms with Crippen molar-refractivity contribution in [2.75, 3.05) is 12.4 Å². The van der Waals surface area contributed by atoms with Crippen LogP contribution in [0.25, 0.3) is 0 Å². The lowest BCUT2D eigenvalue weighted by molar-refractivity contribution is 0.102. The van der Waals surface area contributed by atoms with Gasteiger partial charge in [-0.3, -0.25) is 4.79 Å². The summed E-state index contributed by atoms with van der Waals surface area (Å²) in [6, 6.07) is 20.8. The summed E-state index contributed by atoms with van der Waals surface area (Å²) in [6.45, 7) is 1.69. The number of carbonyl (C=O) groups is 1. The third kappa shape index (κ3) is 4.57. The van der Waals surface area contributed by atoms with Crippen LogP contribution < -0.4 is 14.8 Å². The summed E-state index contributed by atoms with van der Waals surface area (Å²) in [5.74, 6) is 0.830. The van der Waals surface area contributed by atoms with E-state index in [2.05, 4.69) is 10.0 Å². The van der Waals surface area contributed by atoms with Crippen LogP contribution >= 0.6 is 0 Å². The van der Waals surface area contributed by atoms with Crippen LogP contribution in [-0.4, -0.2) is 21.4 Å². The van der Waals surface area contributed by atoms with Crippen LogP contribution in [0.5, 0.6) is 11.5 Å². The molecule has 0 aliphatic heterocycles. The Morgan fingerprint density at radius 3 is 2.32 bits per heavy atom. The molecule has 7 heteroatoms. The lowest BCUT2D eigenvalue weighted by Crippen LogP contribution is -2.20. The number of aryl methyl sites for hydroxylation is 1. The Kier molecular flexibility index (Phi) is 5.77. The number of nitrogens with one attached hydrogen (secondary N) is 2. The first kappa shape index (κ1) is 19.6. The van der Waals surface area contributed by atoms with Crippen LogP contribution in [0.4, 0.5) is 5.69 Å². The van der Waals surface area contributed by atoms with E-state index in [9.17, 15) is 13.2 Å². The van der Waals surface area contributed by atoms with Gasteiger partial charge in [0.25, 0.3) is 5.91 Å². The van der Waals surface area contributed by atoms with E-state index in [1.165, 1.54) is 13.1 Å². The number of hydrogen-bond donors (Lipinski definition) is 2. The van der Waals surface area contributed by atoms with Gasteiger partial charge in [0.1, 0.15) is 11.5 Å². The van der Waals surface area contributed by atoms with Crippen LogP contribution in [0.1, 0.15) is 15.9 Å². The molecule has 0 fully saturated rings. The van der Waals surface area contributed by atoms with Crippen molar-refractivity contribution < 1.29 is 17.9 Å². The van der Waals surface area contributed by atoms with Gasteiger partial charge < -0.3 is 10.1 Å². The Labute approximate surface area is 164 Å². The first-order chi connectivity index (χ1) is 13.4. The van der Waals surface area contributed by atoms with Crippen molar-refractivity contribution in [1.82, 2.24) is 4.72 Å². The minimum Gasteiger partial charge on any atom is -0.457 e. The topological polar surface area (TPSA) is 84.5 Å². The lowest BCUT2D eigenvalue weighted by Gasteiger charge is -2.11. The molecule has 28 heavy (non-hydrogen) atoms. The Balaban J connectivity index is 1.80. The average molecular weight is 396 g/mol.